The summed E-state index contributed by atoms with van der Waals surface area (Å²) in [5.74, 6) is -0.599. The van der Waals surface area contributed by atoms with Crippen LogP contribution in [0.1, 0.15) is 46.4 Å². The zero-order chi connectivity index (χ0) is 17.7. The Morgan fingerprint density at radius 3 is 2.50 bits per heavy atom. The van der Waals surface area contributed by atoms with Gasteiger partial charge < -0.3 is 9.47 Å². The molecule has 0 unspecified atom stereocenters. The molecule has 0 spiro atoms. The molecule has 1 aliphatic carbocycles. The molecule has 130 valence electrons. The number of carbonyl (C=O) groups excluding carboxylic acids is 2. The van der Waals surface area contributed by atoms with Gasteiger partial charge in [-0.3, -0.25) is 9.59 Å². The predicted octanol–water partition coefficient (Wildman–Crippen LogP) is 4.10. The number of fused-ring (bicyclic) bond motifs is 1. The molecule has 0 aromatic heterocycles. The molecule has 7 heteroatoms. The smallest absolute Gasteiger partial charge is 0.389 e. The number of hydrogen-bond acceptors (Lipinski definition) is 4. The quantitative estimate of drug-likeness (QED) is 0.700. The van der Waals surface area contributed by atoms with Crippen molar-refractivity contribution in [2.24, 2.45) is 0 Å². The second kappa shape index (κ2) is 7.51. The summed E-state index contributed by atoms with van der Waals surface area (Å²) >= 11 is 0. The Hall–Kier alpha value is -2.31. The number of carbonyl (C=O) groups is 2. The molecule has 1 aliphatic rings. The average Bonchev–Trinajstić information content (AvgIpc) is 2.53. The maximum Gasteiger partial charge on any atom is 0.389 e. The van der Waals surface area contributed by atoms with Crippen molar-refractivity contribution in [1.82, 2.24) is 0 Å². The Labute approximate surface area is 137 Å². The summed E-state index contributed by atoms with van der Waals surface area (Å²) in [6, 6.07) is 4.70. The van der Waals surface area contributed by atoms with E-state index in [1.54, 1.807) is 12.1 Å². The van der Waals surface area contributed by atoms with Crippen LogP contribution in [0.4, 0.5) is 13.2 Å². The lowest BCUT2D eigenvalue weighted by atomic mass is 9.93. The molecule has 0 atom stereocenters. The van der Waals surface area contributed by atoms with Gasteiger partial charge in [0, 0.05) is 18.1 Å². The van der Waals surface area contributed by atoms with Crippen LogP contribution < -0.4 is 4.74 Å². The van der Waals surface area contributed by atoms with E-state index in [0.717, 1.165) is 6.08 Å². The lowest BCUT2D eigenvalue weighted by molar-refractivity contribution is -0.135. The number of hydrogen-bond donors (Lipinski definition) is 0. The van der Waals surface area contributed by atoms with Crippen LogP contribution in [0.3, 0.4) is 0 Å². The van der Waals surface area contributed by atoms with Crippen molar-refractivity contribution in [1.29, 1.82) is 0 Å². The third kappa shape index (κ3) is 4.37. The third-order valence-corrected chi connectivity index (χ3v) is 3.59. The number of unbranched alkanes of at least 4 members (excludes halogenated alkanes) is 2. The van der Waals surface area contributed by atoms with Gasteiger partial charge in [-0.25, -0.2) is 0 Å². The van der Waals surface area contributed by atoms with Crippen LogP contribution in [0.25, 0.3) is 0 Å². The van der Waals surface area contributed by atoms with Crippen LogP contribution in [-0.2, 0) is 4.74 Å². The minimum absolute atomic E-state index is 0.0127. The van der Waals surface area contributed by atoms with Crippen LogP contribution in [0.15, 0.2) is 30.0 Å². The molecule has 1 aromatic rings. The SMILES string of the molecule is COc1cccc2c1C(=O)C=C(OCCCCCC(F)(F)F)C2=O. The largest absolute Gasteiger partial charge is 0.496 e. The van der Waals surface area contributed by atoms with Crippen molar-refractivity contribution in [3.05, 3.63) is 41.2 Å². The maximum absolute atomic E-state index is 12.3. The number of alkyl halides is 3. The maximum atomic E-state index is 12.3. The van der Waals surface area contributed by atoms with E-state index in [0.29, 0.717) is 18.6 Å². The summed E-state index contributed by atoms with van der Waals surface area (Å²) in [5, 5.41) is 0. The number of Topliss-reactive ketones (excluding diaryl/α,β-unsaturated/α-hetero) is 1. The van der Waals surface area contributed by atoms with E-state index in [1.165, 1.54) is 13.2 Å². The Kier molecular flexibility index (Phi) is 5.64. The summed E-state index contributed by atoms with van der Waals surface area (Å²) < 4.78 is 46.4. The first-order chi connectivity index (χ1) is 11.3. The molecule has 0 fully saturated rings. The van der Waals surface area contributed by atoms with Gasteiger partial charge in [-0.2, -0.15) is 13.2 Å². The fraction of sp³-hybridized carbons (Fsp3) is 0.412. The Morgan fingerprint density at radius 1 is 1.08 bits per heavy atom. The Balaban J connectivity index is 1.92. The molecule has 0 bridgehead atoms. The van der Waals surface area contributed by atoms with Crippen LogP contribution in [0, 0.1) is 0 Å². The minimum atomic E-state index is -4.15. The predicted molar refractivity (Wildman–Crippen MR) is 80.2 cm³/mol. The van der Waals surface area contributed by atoms with E-state index in [1.807, 2.05) is 0 Å². The van der Waals surface area contributed by atoms with E-state index < -0.39 is 24.2 Å². The molecule has 0 N–H and O–H groups in total. The topological polar surface area (TPSA) is 52.6 Å². The minimum Gasteiger partial charge on any atom is -0.496 e. The summed E-state index contributed by atoms with van der Waals surface area (Å²) in [6.45, 7) is 0.0853. The average molecular weight is 342 g/mol. The second-order valence-corrected chi connectivity index (χ2v) is 5.36. The second-order valence-electron chi connectivity index (χ2n) is 5.36. The fourth-order valence-corrected chi connectivity index (χ4v) is 2.43. The van der Waals surface area contributed by atoms with Gasteiger partial charge in [0.1, 0.15) is 5.75 Å². The molecule has 0 saturated heterocycles. The first-order valence-electron chi connectivity index (χ1n) is 7.51. The number of benzene rings is 1. The van der Waals surface area contributed by atoms with Gasteiger partial charge in [0.2, 0.25) is 5.78 Å². The first kappa shape index (κ1) is 18.0. The van der Waals surface area contributed by atoms with Crippen LogP contribution in [0.2, 0.25) is 0 Å². The van der Waals surface area contributed by atoms with Gasteiger partial charge in [-0.05, 0) is 31.4 Å². The van der Waals surface area contributed by atoms with Crippen LogP contribution in [-0.4, -0.2) is 31.5 Å². The molecule has 2 rings (SSSR count). The number of rotatable bonds is 7. The van der Waals surface area contributed by atoms with Crippen LogP contribution in [0.5, 0.6) is 5.75 Å². The molecule has 1 aromatic carbocycles. The number of ether oxygens (including phenoxy) is 2. The van der Waals surface area contributed by atoms with Crippen molar-refractivity contribution < 1.29 is 32.2 Å². The van der Waals surface area contributed by atoms with Gasteiger partial charge in [0.25, 0.3) is 0 Å². The summed E-state index contributed by atoms with van der Waals surface area (Å²) in [5.41, 5.74) is 0.399. The third-order valence-electron chi connectivity index (χ3n) is 3.59. The summed E-state index contributed by atoms with van der Waals surface area (Å²) in [4.78, 5) is 24.5. The summed E-state index contributed by atoms with van der Waals surface area (Å²) in [6.07, 6.45) is -3.17. The van der Waals surface area contributed by atoms with Gasteiger partial charge in [-0.1, -0.05) is 6.07 Å². The molecule has 0 saturated carbocycles. The van der Waals surface area contributed by atoms with E-state index in [2.05, 4.69) is 0 Å². The van der Waals surface area contributed by atoms with Gasteiger partial charge in [-0.15, -0.1) is 0 Å². The lowest BCUT2D eigenvalue weighted by Gasteiger charge is -2.17. The van der Waals surface area contributed by atoms with E-state index in [-0.39, 0.29) is 29.9 Å². The molecular formula is C17H17F3O4. The number of ketones is 2. The first-order valence-corrected chi connectivity index (χ1v) is 7.51. The highest BCUT2D eigenvalue weighted by molar-refractivity contribution is 6.24. The monoisotopic (exact) mass is 342 g/mol. The number of methoxy groups -OCH3 is 1. The molecule has 24 heavy (non-hydrogen) atoms. The van der Waals surface area contributed by atoms with Crippen molar-refractivity contribution in [3.8, 4) is 5.75 Å². The molecule has 4 nitrogen and oxygen atoms in total. The summed E-state index contributed by atoms with van der Waals surface area (Å²) in [7, 11) is 1.41. The van der Waals surface area contributed by atoms with Crippen molar-refractivity contribution in [2.45, 2.75) is 31.9 Å². The van der Waals surface area contributed by atoms with Crippen LogP contribution >= 0.6 is 0 Å². The molecule has 0 aliphatic heterocycles. The molecular weight excluding hydrogens is 325 g/mol. The van der Waals surface area contributed by atoms with Crippen molar-refractivity contribution in [3.63, 3.8) is 0 Å². The Bertz CT molecular complexity index is 662. The molecule has 0 amide bonds. The standard InChI is InChI=1S/C17H17F3O4/c1-23-13-7-5-6-11-15(13)12(21)10-14(16(11)22)24-9-4-2-3-8-17(18,19)20/h5-7,10H,2-4,8-9H2,1H3. The van der Waals surface area contributed by atoms with Crippen molar-refractivity contribution >= 4 is 11.6 Å². The number of halogens is 3. The lowest BCUT2D eigenvalue weighted by Crippen LogP contribution is -2.19. The van der Waals surface area contributed by atoms with Crippen molar-refractivity contribution in [2.75, 3.05) is 13.7 Å². The van der Waals surface area contributed by atoms with Gasteiger partial charge >= 0.3 is 6.18 Å². The zero-order valence-electron chi connectivity index (χ0n) is 13.1. The highest BCUT2D eigenvalue weighted by Crippen LogP contribution is 2.29. The normalized spacial score (nSPS) is 14.2. The molecule has 0 radical (unpaired) electrons. The van der Waals surface area contributed by atoms with Gasteiger partial charge in [0.15, 0.2) is 11.5 Å². The number of allylic oxidation sites excluding steroid dienone is 2. The highest BCUT2D eigenvalue weighted by atomic mass is 19.4. The Morgan fingerprint density at radius 2 is 1.83 bits per heavy atom. The zero-order valence-corrected chi connectivity index (χ0v) is 13.1. The fourth-order valence-electron chi connectivity index (χ4n) is 2.43. The van der Waals surface area contributed by atoms with E-state index in [9.17, 15) is 22.8 Å². The van der Waals surface area contributed by atoms with E-state index >= 15 is 0 Å². The highest BCUT2D eigenvalue weighted by Gasteiger charge is 2.29. The van der Waals surface area contributed by atoms with Gasteiger partial charge in [0.05, 0.1) is 19.3 Å². The van der Waals surface area contributed by atoms with E-state index in [4.69, 9.17) is 9.47 Å². The molecule has 0 heterocycles.